The summed E-state index contributed by atoms with van der Waals surface area (Å²) in [5.41, 5.74) is 3.88. The van der Waals surface area contributed by atoms with Gasteiger partial charge in [0.05, 0.1) is 16.9 Å². The van der Waals surface area contributed by atoms with Crippen molar-refractivity contribution in [1.82, 2.24) is 9.38 Å². The van der Waals surface area contributed by atoms with Gasteiger partial charge in [-0.3, -0.25) is 4.79 Å². The van der Waals surface area contributed by atoms with Gasteiger partial charge >= 0.3 is 0 Å². The van der Waals surface area contributed by atoms with Crippen molar-refractivity contribution in [3.63, 3.8) is 0 Å². The molecule has 0 saturated carbocycles. The second kappa shape index (κ2) is 6.53. The molecule has 4 rings (SSSR count). The van der Waals surface area contributed by atoms with Crippen LogP contribution in [0.15, 0.2) is 83.6 Å². The molecule has 0 fully saturated rings. The first-order valence-electron chi connectivity index (χ1n) is 7.81. The van der Waals surface area contributed by atoms with Gasteiger partial charge in [-0.05, 0) is 46.3 Å². The molecule has 0 saturated heterocycles. The summed E-state index contributed by atoms with van der Waals surface area (Å²) in [5.74, 6) is -0.163. The first-order chi connectivity index (χ1) is 12.2. The van der Waals surface area contributed by atoms with Gasteiger partial charge in [-0.25, -0.2) is 4.98 Å². The lowest BCUT2D eigenvalue weighted by Gasteiger charge is -2.10. The molecule has 2 aromatic carbocycles. The van der Waals surface area contributed by atoms with Crippen LogP contribution < -0.4 is 5.32 Å². The van der Waals surface area contributed by atoms with Crippen molar-refractivity contribution in [2.45, 2.75) is 0 Å². The van der Waals surface area contributed by atoms with Gasteiger partial charge in [0.2, 0.25) is 0 Å². The zero-order chi connectivity index (χ0) is 17.2. The number of nitrogens with zero attached hydrogens (tertiary/aromatic N) is 2. The molecule has 122 valence electrons. The Labute approximate surface area is 153 Å². The lowest BCUT2D eigenvalue weighted by atomic mass is 10.1. The highest BCUT2D eigenvalue weighted by atomic mass is 79.9. The highest BCUT2D eigenvalue weighted by Crippen LogP contribution is 2.28. The van der Waals surface area contributed by atoms with Crippen LogP contribution in [0.5, 0.6) is 0 Å². The van der Waals surface area contributed by atoms with Crippen molar-refractivity contribution >= 4 is 33.2 Å². The van der Waals surface area contributed by atoms with Crippen molar-refractivity contribution in [2.75, 3.05) is 5.32 Å². The number of nitrogens with one attached hydrogen (secondary N) is 1. The fraction of sp³-hybridized carbons (Fsp3) is 0. The minimum atomic E-state index is -0.163. The summed E-state index contributed by atoms with van der Waals surface area (Å²) in [4.78, 5) is 17.3. The molecule has 4 aromatic rings. The highest BCUT2D eigenvalue weighted by Gasteiger charge is 2.14. The second-order valence-electron chi connectivity index (χ2n) is 5.57. The maximum absolute atomic E-state index is 12.6. The molecule has 1 N–H and O–H groups in total. The topological polar surface area (TPSA) is 46.4 Å². The summed E-state index contributed by atoms with van der Waals surface area (Å²) in [6.07, 6.45) is 3.91. The molecule has 2 heterocycles. The molecule has 0 spiro atoms. The average molecular weight is 392 g/mol. The van der Waals surface area contributed by atoms with E-state index >= 15 is 0 Å². The maximum Gasteiger partial charge on any atom is 0.256 e. The van der Waals surface area contributed by atoms with Crippen LogP contribution in [0.2, 0.25) is 0 Å². The monoisotopic (exact) mass is 391 g/mol. The van der Waals surface area contributed by atoms with Crippen LogP contribution in [0.25, 0.3) is 16.9 Å². The number of carbonyl (C=O) groups is 1. The van der Waals surface area contributed by atoms with Gasteiger partial charge in [0.25, 0.3) is 5.91 Å². The SMILES string of the molecule is O=C(Nc1ccccc1-c1cn2ccccc2n1)c1ccccc1Br. The number of para-hydroxylation sites is 1. The van der Waals surface area contributed by atoms with Crippen LogP contribution in [-0.2, 0) is 0 Å². The molecule has 0 aliphatic heterocycles. The number of amides is 1. The smallest absolute Gasteiger partial charge is 0.256 e. The molecule has 0 atom stereocenters. The number of hydrogen-bond acceptors (Lipinski definition) is 2. The first kappa shape index (κ1) is 15.6. The number of pyridine rings is 1. The molecular weight excluding hydrogens is 378 g/mol. The van der Waals surface area contributed by atoms with Gasteiger partial charge < -0.3 is 9.72 Å². The van der Waals surface area contributed by atoms with Gasteiger partial charge in [0.15, 0.2) is 0 Å². The number of hydrogen-bond donors (Lipinski definition) is 1. The van der Waals surface area contributed by atoms with Gasteiger partial charge in [0.1, 0.15) is 5.65 Å². The maximum atomic E-state index is 12.6. The fourth-order valence-electron chi connectivity index (χ4n) is 2.71. The molecule has 0 aliphatic rings. The lowest BCUT2D eigenvalue weighted by Crippen LogP contribution is -2.13. The van der Waals surface area contributed by atoms with Crippen LogP contribution in [0.1, 0.15) is 10.4 Å². The number of benzene rings is 2. The minimum absolute atomic E-state index is 0.163. The number of aromatic nitrogens is 2. The number of fused-ring (bicyclic) bond motifs is 1. The van der Waals surface area contributed by atoms with Crippen LogP contribution in [0.4, 0.5) is 5.69 Å². The first-order valence-corrected chi connectivity index (χ1v) is 8.61. The van der Waals surface area contributed by atoms with Gasteiger partial charge in [-0.15, -0.1) is 0 Å². The summed E-state index contributed by atoms with van der Waals surface area (Å²) in [6, 6.07) is 20.9. The molecular formula is C20H14BrN3O. The molecule has 2 aromatic heterocycles. The Morgan fingerprint density at radius 1 is 0.960 bits per heavy atom. The Morgan fingerprint density at radius 3 is 2.56 bits per heavy atom. The van der Waals surface area contributed by atoms with E-state index in [1.54, 1.807) is 6.07 Å². The van der Waals surface area contributed by atoms with E-state index in [1.165, 1.54) is 0 Å². The third kappa shape index (κ3) is 3.06. The van der Waals surface area contributed by atoms with E-state index in [4.69, 9.17) is 0 Å². The predicted octanol–water partition coefficient (Wildman–Crippen LogP) is 5.02. The van der Waals surface area contributed by atoms with Gasteiger partial charge in [-0.1, -0.05) is 36.4 Å². The average Bonchev–Trinajstić information content (AvgIpc) is 3.06. The number of carbonyl (C=O) groups excluding carboxylic acids is 1. The van der Waals surface area contributed by atoms with E-state index in [-0.39, 0.29) is 5.91 Å². The summed E-state index contributed by atoms with van der Waals surface area (Å²) < 4.78 is 2.72. The van der Waals surface area contributed by atoms with E-state index in [0.717, 1.165) is 27.1 Å². The van der Waals surface area contributed by atoms with Gasteiger partial charge in [-0.2, -0.15) is 0 Å². The van der Waals surface area contributed by atoms with Crippen molar-refractivity contribution in [3.05, 3.63) is 89.2 Å². The summed E-state index contributed by atoms with van der Waals surface area (Å²) in [5, 5.41) is 2.99. The van der Waals surface area contributed by atoms with Crippen molar-refractivity contribution in [2.24, 2.45) is 0 Å². The molecule has 4 nitrogen and oxygen atoms in total. The predicted molar refractivity (Wildman–Crippen MR) is 103 cm³/mol. The van der Waals surface area contributed by atoms with E-state index < -0.39 is 0 Å². The Morgan fingerprint density at radius 2 is 1.72 bits per heavy atom. The Hall–Kier alpha value is -2.92. The number of imidazole rings is 1. The van der Waals surface area contributed by atoms with Crippen molar-refractivity contribution in [3.8, 4) is 11.3 Å². The van der Waals surface area contributed by atoms with Crippen LogP contribution in [-0.4, -0.2) is 15.3 Å². The van der Waals surface area contributed by atoms with Crippen LogP contribution in [0.3, 0.4) is 0 Å². The number of halogens is 1. The standard InChI is InChI=1S/C20H14BrN3O/c21-16-9-3-1-7-14(16)20(25)23-17-10-4-2-8-15(17)18-13-24-12-6-5-11-19(24)22-18/h1-13H,(H,23,25). The van der Waals surface area contributed by atoms with Crippen molar-refractivity contribution in [1.29, 1.82) is 0 Å². The Kier molecular flexibility index (Phi) is 4.07. The van der Waals surface area contributed by atoms with E-state index in [0.29, 0.717) is 5.56 Å². The number of anilines is 1. The largest absolute Gasteiger partial charge is 0.321 e. The lowest BCUT2D eigenvalue weighted by molar-refractivity contribution is 0.102. The zero-order valence-electron chi connectivity index (χ0n) is 13.2. The fourth-order valence-corrected chi connectivity index (χ4v) is 3.18. The molecule has 0 aliphatic carbocycles. The Balaban J connectivity index is 1.72. The van der Waals surface area contributed by atoms with Gasteiger partial charge in [0, 0.05) is 22.4 Å². The number of rotatable bonds is 3. The molecule has 0 bridgehead atoms. The third-order valence-corrected chi connectivity index (χ3v) is 4.63. The van der Waals surface area contributed by atoms with E-state index in [1.807, 2.05) is 77.5 Å². The molecule has 1 amide bonds. The van der Waals surface area contributed by atoms with E-state index in [9.17, 15) is 4.79 Å². The quantitative estimate of drug-likeness (QED) is 0.533. The highest BCUT2D eigenvalue weighted by molar-refractivity contribution is 9.10. The van der Waals surface area contributed by atoms with Crippen molar-refractivity contribution < 1.29 is 4.79 Å². The molecule has 5 heteroatoms. The Bertz CT molecular complexity index is 1040. The zero-order valence-corrected chi connectivity index (χ0v) is 14.8. The van der Waals surface area contributed by atoms with E-state index in [2.05, 4.69) is 26.2 Å². The molecule has 0 unspecified atom stereocenters. The molecule has 0 radical (unpaired) electrons. The normalized spacial score (nSPS) is 10.8. The van der Waals surface area contributed by atoms with Crippen LogP contribution >= 0.6 is 15.9 Å². The minimum Gasteiger partial charge on any atom is -0.321 e. The summed E-state index contributed by atoms with van der Waals surface area (Å²) in [6.45, 7) is 0. The summed E-state index contributed by atoms with van der Waals surface area (Å²) >= 11 is 3.42. The second-order valence-corrected chi connectivity index (χ2v) is 6.43. The summed E-state index contributed by atoms with van der Waals surface area (Å²) in [7, 11) is 0. The molecule has 25 heavy (non-hydrogen) atoms. The van der Waals surface area contributed by atoms with Crippen LogP contribution in [0, 0.1) is 0 Å². The third-order valence-electron chi connectivity index (χ3n) is 3.93.